The van der Waals surface area contributed by atoms with Gasteiger partial charge < -0.3 is 9.47 Å². The Morgan fingerprint density at radius 3 is 2.95 bits per heavy atom. The smallest absolute Gasteiger partial charge is 0.248 e. The minimum Gasteiger partial charge on any atom is -0.353 e. The molecule has 2 aromatic heterocycles. The number of hydrogen-bond acceptors (Lipinski definition) is 4. The highest BCUT2D eigenvalue weighted by Crippen LogP contribution is 2.19. The second-order valence-corrected chi connectivity index (χ2v) is 5.16. The maximum Gasteiger partial charge on any atom is 0.248 e. The van der Waals surface area contributed by atoms with Gasteiger partial charge in [-0.3, -0.25) is 4.68 Å². The summed E-state index contributed by atoms with van der Waals surface area (Å²) in [5, 5.41) is 4.18. The molecule has 0 radical (unpaired) electrons. The molecule has 0 amide bonds. The standard InChI is InChI=1S/C15H17F2N3O2/c16-13-7-11(8-18-15(13)17)12-9-19-20(10-12)4-6-22-14-3-1-2-5-21-14/h7-10,14H,1-6H2. The Bertz CT molecular complexity index is 627. The van der Waals surface area contributed by atoms with E-state index in [-0.39, 0.29) is 6.29 Å². The van der Waals surface area contributed by atoms with E-state index in [1.54, 1.807) is 17.1 Å². The molecule has 7 heteroatoms. The first-order chi connectivity index (χ1) is 10.7. The van der Waals surface area contributed by atoms with Crippen molar-refractivity contribution in [1.82, 2.24) is 14.8 Å². The van der Waals surface area contributed by atoms with Gasteiger partial charge in [-0.15, -0.1) is 0 Å². The number of nitrogens with zero attached hydrogens (tertiary/aromatic N) is 3. The molecule has 1 fully saturated rings. The molecule has 0 aromatic carbocycles. The van der Waals surface area contributed by atoms with Crippen LogP contribution in [0.15, 0.2) is 24.7 Å². The normalized spacial score (nSPS) is 18.5. The van der Waals surface area contributed by atoms with Gasteiger partial charge in [-0.05, 0) is 25.3 Å². The third-order valence-electron chi connectivity index (χ3n) is 3.52. The highest BCUT2D eigenvalue weighted by atomic mass is 19.2. The molecule has 118 valence electrons. The van der Waals surface area contributed by atoms with Gasteiger partial charge in [0.2, 0.25) is 5.95 Å². The first-order valence-corrected chi connectivity index (χ1v) is 7.29. The molecule has 0 bridgehead atoms. The maximum atomic E-state index is 13.2. The van der Waals surface area contributed by atoms with E-state index in [0.717, 1.165) is 31.9 Å². The molecule has 0 N–H and O–H groups in total. The minimum atomic E-state index is -1.10. The Morgan fingerprint density at radius 2 is 2.18 bits per heavy atom. The zero-order valence-corrected chi connectivity index (χ0v) is 12.0. The largest absolute Gasteiger partial charge is 0.353 e. The summed E-state index contributed by atoms with van der Waals surface area (Å²) in [6, 6.07) is 1.11. The zero-order valence-electron chi connectivity index (χ0n) is 12.0. The molecule has 1 atom stereocenters. The highest BCUT2D eigenvalue weighted by molar-refractivity contribution is 5.60. The second-order valence-electron chi connectivity index (χ2n) is 5.16. The fourth-order valence-electron chi connectivity index (χ4n) is 2.33. The predicted molar refractivity (Wildman–Crippen MR) is 74.9 cm³/mol. The molecule has 1 unspecified atom stereocenters. The van der Waals surface area contributed by atoms with Crippen molar-refractivity contribution in [1.29, 1.82) is 0 Å². The third kappa shape index (κ3) is 3.66. The zero-order chi connectivity index (χ0) is 15.4. The van der Waals surface area contributed by atoms with Crippen LogP contribution in [0.25, 0.3) is 11.1 Å². The third-order valence-corrected chi connectivity index (χ3v) is 3.52. The molecule has 1 aliphatic rings. The van der Waals surface area contributed by atoms with Crippen LogP contribution in [0.4, 0.5) is 8.78 Å². The van der Waals surface area contributed by atoms with Crippen molar-refractivity contribution in [3.63, 3.8) is 0 Å². The summed E-state index contributed by atoms with van der Waals surface area (Å²) in [6.45, 7) is 1.80. The topological polar surface area (TPSA) is 49.2 Å². The molecule has 1 saturated heterocycles. The maximum absolute atomic E-state index is 13.2. The summed E-state index contributed by atoms with van der Waals surface area (Å²) in [4.78, 5) is 3.37. The Morgan fingerprint density at radius 1 is 1.27 bits per heavy atom. The molecule has 0 saturated carbocycles. The summed E-state index contributed by atoms with van der Waals surface area (Å²) in [5.74, 6) is -2.07. The van der Waals surface area contributed by atoms with Gasteiger partial charge in [0.25, 0.3) is 0 Å². The molecule has 5 nitrogen and oxygen atoms in total. The minimum absolute atomic E-state index is 0.126. The molecule has 0 aliphatic carbocycles. The average Bonchev–Trinajstić information content (AvgIpc) is 3.00. The first-order valence-electron chi connectivity index (χ1n) is 7.29. The first kappa shape index (κ1) is 15.1. The molecule has 3 heterocycles. The summed E-state index contributed by atoms with van der Waals surface area (Å²) >= 11 is 0. The van der Waals surface area contributed by atoms with Gasteiger partial charge >= 0.3 is 0 Å². The van der Waals surface area contributed by atoms with Gasteiger partial charge in [0.05, 0.1) is 19.3 Å². The van der Waals surface area contributed by atoms with Crippen molar-refractivity contribution in [2.24, 2.45) is 0 Å². The fourth-order valence-corrected chi connectivity index (χ4v) is 2.33. The van der Waals surface area contributed by atoms with Crippen molar-refractivity contribution >= 4 is 0 Å². The summed E-state index contributed by atoms with van der Waals surface area (Å²) in [5.41, 5.74) is 1.17. The Hall–Kier alpha value is -1.86. The molecule has 22 heavy (non-hydrogen) atoms. The Kier molecular flexibility index (Phi) is 4.74. The van der Waals surface area contributed by atoms with Gasteiger partial charge in [0, 0.05) is 30.1 Å². The quantitative estimate of drug-likeness (QED) is 0.797. The van der Waals surface area contributed by atoms with Crippen LogP contribution < -0.4 is 0 Å². The van der Waals surface area contributed by atoms with Crippen LogP contribution in [0.2, 0.25) is 0 Å². The van der Waals surface area contributed by atoms with Crippen molar-refractivity contribution in [3.8, 4) is 11.1 Å². The lowest BCUT2D eigenvalue weighted by Crippen LogP contribution is -2.24. The summed E-state index contributed by atoms with van der Waals surface area (Å²) < 4.78 is 38.8. The van der Waals surface area contributed by atoms with Crippen LogP contribution >= 0.6 is 0 Å². The van der Waals surface area contributed by atoms with Crippen LogP contribution in [-0.2, 0) is 16.0 Å². The van der Waals surface area contributed by atoms with E-state index in [1.807, 2.05) is 0 Å². The summed E-state index contributed by atoms with van der Waals surface area (Å²) in [6.07, 6.45) is 7.63. The highest BCUT2D eigenvalue weighted by Gasteiger charge is 2.14. The fraction of sp³-hybridized carbons (Fsp3) is 0.467. The summed E-state index contributed by atoms with van der Waals surface area (Å²) in [7, 11) is 0. The van der Waals surface area contributed by atoms with Crippen molar-refractivity contribution in [2.75, 3.05) is 13.2 Å². The molecule has 0 spiro atoms. The van der Waals surface area contributed by atoms with Gasteiger partial charge in [0.1, 0.15) is 0 Å². The molecule has 3 rings (SSSR count). The molecular formula is C15H17F2N3O2. The lowest BCUT2D eigenvalue weighted by atomic mass is 10.2. The Labute approximate surface area is 126 Å². The average molecular weight is 309 g/mol. The van der Waals surface area contributed by atoms with Gasteiger partial charge in [-0.1, -0.05) is 0 Å². The number of ether oxygens (including phenoxy) is 2. The van der Waals surface area contributed by atoms with E-state index in [2.05, 4.69) is 10.1 Å². The van der Waals surface area contributed by atoms with Gasteiger partial charge in [-0.2, -0.15) is 9.49 Å². The lowest BCUT2D eigenvalue weighted by molar-refractivity contribution is -0.163. The van der Waals surface area contributed by atoms with Crippen LogP contribution in [-0.4, -0.2) is 34.3 Å². The van der Waals surface area contributed by atoms with Crippen LogP contribution in [0, 0.1) is 11.8 Å². The van der Waals surface area contributed by atoms with Crippen LogP contribution in [0.3, 0.4) is 0 Å². The lowest BCUT2D eigenvalue weighted by Gasteiger charge is -2.22. The number of aromatic nitrogens is 3. The molecular weight excluding hydrogens is 292 g/mol. The number of halogens is 2. The van der Waals surface area contributed by atoms with Crippen LogP contribution in [0.1, 0.15) is 19.3 Å². The monoisotopic (exact) mass is 309 g/mol. The van der Waals surface area contributed by atoms with Crippen molar-refractivity contribution < 1.29 is 18.3 Å². The number of hydrogen-bond donors (Lipinski definition) is 0. The van der Waals surface area contributed by atoms with E-state index < -0.39 is 11.8 Å². The van der Waals surface area contributed by atoms with E-state index in [4.69, 9.17) is 9.47 Å². The van der Waals surface area contributed by atoms with E-state index in [1.165, 1.54) is 6.20 Å². The van der Waals surface area contributed by atoms with Crippen molar-refractivity contribution in [3.05, 3.63) is 36.4 Å². The van der Waals surface area contributed by atoms with E-state index in [0.29, 0.717) is 24.3 Å². The van der Waals surface area contributed by atoms with Crippen molar-refractivity contribution in [2.45, 2.75) is 32.1 Å². The molecule has 2 aromatic rings. The molecule has 1 aliphatic heterocycles. The number of pyridine rings is 1. The second kappa shape index (κ2) is 6.93. The van der Waals surface area contributed by atoms with Crippen LogP contribution in [0.5, 0.6) is 0 Å². The van der Waals surface area contributed by atoms with Gasteiger partial charge in [-0.25, -0.2) is 9.37 Å². The van der Waals surface area contributed by atoms with E-state index >= 15 is 0 Å². The Balaban J connectivity index is 1.55. The SMILES string of the molecule is Fc1cc(-c2cnn(CCOC3CCCCO3)c2)cnc1F. The predicted octanol–water partition coefficient (Wildman–Crippen LogP) is 2.77. The number of rotatable bonds is 5. The van der Waals surface area contributed by atoms with Gasteiger partial charge in [0.15, 0.2) is 12.1 Å². The van der Waals surface area contributed by atoms with E-state index in [9.17, 15) is 8.78 Å².